The van der Waals surface area contributed by atoms with Crippen LogP contribution in [0.1, 0.15) is 38.9 Å². The Bertz CT molecular complexity index is 957. The van der Waals surface area contributed by atoms with E-state index in [-0.39, 0.29) is 5.78 Å². The van der Waals surface area contributed by atoms with Gasteiger partial charge in [-0.05, 0) is 31.2 Å². The number of hydrogen-bond acceptors (Lipinski definition) is 4. The number of carbonyl (C=O) groups is 2. The number of hydrogen-bond donors (Lipinski definition) is 2. The van der Waals surface area contributed by atoms with Gasteiger partial charge in [0.25, 0.3) is 0 Å². The van der Waals surface area contributed by atoms with E-state index < -0.39 is 11.9 Å². The molecule has 0 bridgehead atoms. The van der Waals surface area contributed by atoms with Gasteiger partial charge < -0.3 is 15.4 Å². The van der Waals surface area contributed by atoms with E-state index in [4.69, 9.17) is 5.73 Å². The lowest BCUT2D eigenvalue weighted by Crippen LogP contribution is -2.19. The van der Waals surface area contributed by atoms with Crippen LogP contribution in [0.2, 0.25) is 0 Å². The molecule has 0 radical (unpaired) electrons. The summed E-state index contributed by atoms with van der Waals surface area (Å²) in [5, 5.41) is 9.70. The Balaban J connectivity index is 2.01. The van der Waals surface area contributed by atoms with Crippen LogP contribution < -0.4 is 5.73 Å². The number of aliphatic carboxylic acids is 1. The van der Waals surface area contributed by atoms with Gasteiger partial charge in [-0.2, -0.15) is 0 Å². The number of ketones is 1. The third kappa shape index (κ3) is 3.21. The molecular weight excluding hydrogens is 330 g/mol. The summed E-state index contributed by atoms with van der Waals surface area (Å²) in [5.74, 6) is -2.19. The minimum absolute atomic E-state index is 0.159. The number of aromatic nitrogens is 2. The Morgan fingerprint density at radius 2 is 1.77 bits per heavy atom. The quantitative estimate of drug-likeness (QED) is 0.690. The number of aryl methyl sites for hydroxylation is 1. The second-order valence-electron chi connectivity index (χ2n) is 6.19. The maximum atomic E-state index is 12.8. The van der Waals surface area contributed by atoms with Crippen molar-refractivity contribution in [1.82, 2.24) is 9.55 Å². The van der Waals surface area contributed by atoms with Gasteiger partial charge in [-0.15, -0.1) is 0 Å². The van der Waals surface area contributed by atoms with Crippen molar-refractivity contribution in [1.29, 1.82) is 0 Å². The van der Waals surface area contributed by atoms with Crippen molar-refractivity contribution < 1.29 is 14.7 Å². The first-order valence-corrected chi connectivity index (χ1v) is 8.09. The van der Waals surface area contributed by atoms with Crippen LogP contribution in [-0.4, -0.2) is 26.4 Å². The van der Waals surface area contributed by atoms with Crippen LogP contribution in [0, 0.1) is 6.92 Å². The zero-order valence-electron chi connectivity index (χ0n) is 14.5. The average molecular weight is 349 g/mol. The van der Waals surface area contributed by atoms with E-state index in [1.165, 1.54) is 6.20 Å². The highest BCUT2D eigenvalue weighted by Crippen LogP contribution is 2.26. The van der Waals surface area contributed by atoms with Crippen LogP contribution in [0.15, 0.2) is 54.7 Å². The third-order valence-electron chi connectivity index (χ3n) is 4.35. The predicted molar refractivity (Wildman–Crippen MR) is 98.2 cm³/mol. The number of nitrogens with two attached hydrogens (primary N) is 1. The number of nitrogen functional groups attached to an aromatic ring is 1. The molecular formula is C20H19N3O3. The number of anilines is 1. The summed E-state index contributed by atoms with van der Waals surface area (Å²) < 4.78 is 1.61. The van der Waals surface area contributed by atoms with Gasteiger partial charge in [0.2, 0.25) is 5.78 Å². The fraction of sp³-hybridized carbons (Fsp3) is 0.150. The fourth-order valence-electron chi connectivity index (χ4n) is 2.89. The number of pyridine rings is 1. The predicted octanol–water partition coefficient (Wildman–Crippen LogP) is 2.76. The highest BCUT2D eigenvalue weighted by Gasteiger charge is 2.28. The zero-order chi connectivity index (χ0) is 18.8. The molecule has 0 aliphatic rings. The summed E-state index contributed by atoms with van der Waals surface area (Å²) >= 11 is 0. The molecule has 26 heavy (non-hydrogen) atoms. The smallest absolute Gasteiger partial charge is 0.318 e. The van der Waals surface area contributed by atoms with Crippen molar-refractivity contribution in [3.8, 4) is 0 Å². The SMILES string of the molecule is Cc1ccc(C(=O)c2ccc(C(C(=O)O)c3ccc(N)cn3)n2C)cc1. The van der Waals surface area contributed by atoms with Crippen LogP contribution in [0.3, 0.4) is 0 Å². The second kappa shape index (κ2) is 6.84. The van der Waals surface area contributed by atoms with Gasteiger partial charge in [0.05, 0.1) is 23.3 Å². The molecule has 2 aromatic heterocycles. The van der Waals surface area contributed by atoms with Crippen molar-refractivity contribution in [2.45, 2.75) is 12.8 Å². The highest BCUT2D eigenvalue weighted by atomic mass is 16.4. The second-order valence-corrected chi connectivity index (χ2v) is 6.19. The first kappa shape index (κ1) is 17.4. The summed E-state index contributed by atoms with van der Waals surface area (Å²) in [6.07, 6.45) is 1.42. The molecule has 6 nitrogen and oxygen atoms in total. The molecule has 0 fully saturated rings. The number of rotatable bonds is 5. The summed E-state index contributed by atoms with van der Waals surface area (Å²) in [4.78, 5) is 28.8. The molecule has 1 atom stereocenters. The van der Waals surface area contributed by atoms with Crippen molar-refractivity contribution in [3.05, 3.63) is 82.9 Å². The molecule has 0 amide bonds. The van der Waals surface area contributed by atoms with Crippen LogP contribution in [-0.2, 0) is 11.8 Å². The number of carboxylic acid groups (broad SMARTS) is 1. The van der Waals surface area contributed by atoms with Crippen LogP contribution in [0.4, 0.5) is 5.69 Å². The van der Waals surface area contributed by atoms with Gasteiger partial charge in [-0.25, -0.2) is 0 Å². The Hall–Kier alpha value is -3.41. The van der Waals surface area contributed by atoms with Crippen LogP contribution in [0.25, 0.3) is 0 Å². The standard InChI is InChI=1S/C20H19N3O3/c1-12-3-5-13(6-4-12)19(24)17-10-9-16(23(17)2)18(20(25)26)15-8-7-14(21)11-22-15/h3-11,18H,21H2,1-2H3,(H,25,26). The average Bonchev–Trinajstić information content (AvgIpc) is 2.98. The number of carbonyl (C=O) groups excluding carboxylic acids is 1. The van der Waals surface area contributed by atoms with E-state index in [9.17, 15) is 14.7 Å². The molecule has 0 saturated heterocycles. The minimum atomic E-state index is -1.04. The molecule has 6 heteroatoms. The number of benzene rings is 1. The molecule has 132 valence electrons. The molecule has 1 unspecified atom stereocenters. The Morgan fingerprint density at radius 3 is 2.35 bits per heavy atom. The van der Waals surface area contributed by atoms with Crippen molar-refractivity contribution in [2.24, 2.45) is 7.05 Å². The summed E-state index contributed by atoms with van der Waals surface area (Å²) in [5.41, 5.74) is 8.97. The molecule has 1 aromatic carbocycles. The minimum Gasteiger partial charge on any atom is -0.480 e. The van der Waals surface area contributed by atoms with Gasteiger partial charge >= 0.3 is 5.97 Å². The molecule has 3 rings (SSSR count). The van der Waals surface area contributed by atoms with E-state index >= 15 is 0 Å². The lowest BCUT2D eigenvalue weighted by Gasteiger charge is -2.15. The van der Waals surface area contributed by atoms with Crippen LogP contribution >= 0.6 is 0 Å². The van der Waals surface area contributed by atoms with Crippen molar-refractivity contribution in [3.63, 3.8) is 0 Å². The normalized spacial score (nSPS) is 11.9. The number of carboxylic acids is 1. The molecule has 0 spiro atoms. The summed E-state index contributed by atoms with van der Waals surface area (Å²) in [7, 11) is 1.68. The van der Waals surface area contributed by atoms with E-state index in [2.05, 4.69) is 4.98 Å². The molecule has 0 aliphatic heterocycles. The van der Waals surface area contributed by atoms with Gasteiger partial charge in [0.1, 0.15) is 5.92 Å². The van der Waals surface area contributed by atoms with Gasteiger partial charge in [-0.1, -0.05) is 29.8 Å². The fourth-order valence-corrected chi connectivity index (χ4v) is 2.89. The molecule has 3 aromatic rings. The maximum absolute atomic E-state index is 12.8. The largest absolute Gasteiger partial charge is 0.480 e. The summed E-state index contributed by atoms with van der Waals surface area (Å²) in [6.45, 7) is 1.95. The van der Waals surface area contributed by atoms with E-state index in [0.29, 0.717) is 28.3 Å². The van der Waals surface area contributed by atoms with E-state index in [1.54, 1.807) is 48.0 Å². The number of nitrogens with zero attached hydrogens (tertiary/aromatic N) is 2. The first-order valence-electron chi connectivity index (χ1n) is 8.09. The van der Waals surface area contributed by atoms with E-state index in [1.807, 2.05) is 19.1 Å². The van der Waals surface area contributed by atoms with Crippen LogP contribution in [0.5, 0.6) is 0 Å². The van der Waals surface area contributed by atoms with E-state index in [0.717, 1.165) is 5.56 Å². The Labute approximate surface area is 150 Å². The first-order chi connectivity index (χ1) is 12.4. The topological polar surface area (TPSA) is 98.2 Å². The Kier molecular flexibility index (Phi) is 4.58. The highest BCUT2D eigenvalue weighted by molar-refractivity contribution is 6.08. The van der Waals surface area contributed by atoms with Crippen molar-refractivity contribution in [2.75, 3.05) is 5.73 Å². The molecule has 0 saturated carbocycles. The summed E-state index contributed by atoms with van der Waals surface area (Å²) in [6, 6.07) is 13.8. The van der Waals surface area contributed by atoms with Gasteiger partial charge in [0, 0.05) is 18.3 Å². The maximum Gasteiger partial charge on any atom is 0.318 e. The lowest BCUT2D eigenvalue weighted by molar-refractivity contribution is -0.137. The van der Waals surface area contributed by atoms with Crippen molar-refractivity contribution >= 4 is 17.4 Å². The zero-order valence-corrected chi connectivity index (χ0v) is 14.5. The van der Waals surface area contributed by atoms with Gasteiger partial charge in [-0.3, -0.25) is 14.6 Å². The molecule has 3 N–H and O–H groups in total. The third-order valence-corrected chi connectivity index (χ3v) is 4.35. The lowest BCUT2D eigenvalue weighted by atomic mass is 10.0. The molecule has 2 heterocycles. The molecule has 0 aliphatic carbocycles. The van der Waals surface area contributed by atoms with Gasteiger partial charge in [0.15, 0.2) is 0 Å². The Morgan fingerprint density at radius 1 is 1.08 bits per heavy atom. The monoisotopic (exact) mass is 349 g/mol.